The number of hydrogen-bond acceptors (Lipinski definition) is 3. The Kier molecular flexibility index (Phi) is 4.35. The van der Waals surface area contributed by atoms with Crippen molar-refractivity contribution in [3.05, 3.63) is 48.5 Å². The summed E-state index contributed by atoms with van der Waals surface area (Å²) >= 11 is 1.77. The fourth-order valence-corrected chi connectivity index (χ4v) is 2.47. The van der Waals surface area contributed by atoms with Gasteiger partial charge in [0.25, 0.3) is 0 Å². The number of hydrogen-bond donors (Lipinski definition) is 0. The summed E-state index contributed by atoms with van der Waals surface area (Å²) < 4.78 is 0. The van der Waals surface area contributed by atoms with Gasteiger partial charge in [0.15, 0.2) is 0 Å². The van der Waals surface area contributed by atoms with E-state index in [0.29, 0.717) is 5.69 Å². The summed E-state index contributed by atoms with van der Waals surface area (Å²) in [6, 6.07) is 15.9. The zero-order valence-electron chi connectivity index (χ0n) is 10.1. The van der Waals surface area contributed by atoms with Gasteiger partial charge in [-0.05, 0) is 29.5 Å². The highest BCUT2D eigenvalue weighted by atomic mass is 32.2. The van der Waals surface area contributed by atoms with Crippen LogP contribution in [0.3, 0.4) is 0 Å². The molecule has 0 aliphatic carbocycles. The van der Waals surface area contributed by atoms with Gasteiger partial charge < -0.3 is 0 Å². The molecule has 0 atom stereocenters. The second-order valence-corrected chi connectivity index (χ2v) is 5.02. The van der Waals surface area contributed by atoms with Gasteiger partial charge in [0.05, 0.1) is 5.69 Å². The number of benzene rings is 2. The lowest BCUT2D eigenvalue weighted by molar-refractivity contribution is 0.565. The predicted octanol–water partition coefficient (Wildman–Crippen LogP) is 4.43. The Morgan fingerprint density at radius 2 is 1.94 bits per heavy atom. The van der Waals surface area contributed by atoms with Crippen molar-refractivity contribution in [2.45, 2.75) is 11.8 Å². The molecule has 2 nitrogen and oxygen atoms in total. The van der Waals surface area contributed by atoms with E-state index in [4.69, 9.17) is 0 Å². The highest BCUT2D eigenvalue weighted by Gasteiger charge is 2.05. The van der Waals surface area contributed by atoms with Crippen molar-refractivity contribution in [2.24, 2.45) is 4.99 Å². The van der Waals surface area contributed by atoms with Gasteiger partial charge in [-0.1, -0.05) is 37.3 Å². The number of isocyanates is 1. The minimum atomic E-state index is 0.664. The number of carbonyl (C=O) groups excluding carboxylic acids is 1. The van der Waals surface area contributed by atoms with Crippen LogP contribution in [0, 0.1) is 0 Å². The van der Waals surface area contributed by atoms with Gasteiger partial charge in [-0.25, -0.2) is 4.79 Å². The van der Waals surface area contributed by atoms with Crippen molar-refractivity contribution in [1.82, 2.24) is 0 Å². The van der Waals surface area contributed by atoms with Crippen LogP contribution in [-0.2, 0) is 4.79 Å². The molecule has 2 rings (SSSR count). The molecular formula is C15H13NOS. The molecule has 18 heavy (non-hydrogen) atoms. The summed E-state index contributed by atoms with van der Waals surface area (Å²) in [6.45, 7) is 2.12. The fraction of sp³-hybridized carbons (Fsp3) is 0.133. The van der Waals surface area contributed by atoms with Crippen LogP contribution in [0.5, 0.6) is 0 Å². The lowest BCUT2D eigenvalue weighted by Crippen LogP contribution is -1.81. The molecule has 2 aromatic carbocycles. The molecule has 0 heterocycles. The lowest BCUT2D eigenvalue weighted by Gasteiger charge is -2.07. The Balaban J connectivity index is 2.54. The van der Waals surface area contributed by atoms with E-state index in [1.807, 2.05) is 42.5 Å². The summed E-state index contributed by atoms with van der Waals surface area (Å²) in [6.07, 6.45) is 1.61. The maximum Gasteiger partial charge on any atom is 0.240 e. The van der Waals surface area contributed by atoms with Crippen LogP contribution in [0.4, 0.5) is 5.69 Å². The molecule has 0 amide bonds. The summed E-state index contributed by atoms with van der Waals surface area (Å²) in [5.41, 5.74) is 2.69. The Bertz CT molecular complexity index is 574. The Hall–Kier alpha value is -1.83. The normalized spacial score (nSPS) is 9.83. The third-order valence-corrected chi connectivity index (χ3v) is 3.41. The maximum absolute atomic E-state index is 10.5. The second kappa shape index (κ2) is 6.20. The largest absolute Gasteiger partial charge is 0.240 e. The van der Waals surface area contributed by atoms with Crippen LogP contribution in [0.1, 0.15) is 6.92 Å². The van der Waals surface area contributed by atoms with E-state index in [1.54, 1.807) is 17.8 Å². The van der Waals surface area contributed by atoms with E-state index >= 15 is 0 Å². The van der Waals surface area contributed by atoms with Gasteiger partial charge in [0.2, 0.25) is 6.08 Å². The molecule has 0 aliphatic rings. The first-order valence-electron chi connectivity index (χ1n) is 5.75. The number of rotatable bonds is 4. The zero-order chi connectivity index (χ0) is 12.8. The third-order valence-electron chi connectivity index (χ3n) is 2.53. The Morgan fingerprint density at radius 3 is 2.61 bits per heavy atom. The van der Waals surface area contributed by atoms with Crippen molar-refractivity contribution in [3.8, 4) is 11.1 Å². The molecule has 0 unspecified atom stereocenters. The van der Waals surface area contributed by atoms with Gasteiger partial charge in [-0.15, -0.1) is 11.8 Å². The molecule has 0 N–H and O–H groups in total. The molecule has 0 aromatic heterocycles. The minimum absolute atomic E-state index is 0.664. The molecule has 0 bridgehead atoms. The number of nitrogens with zero attached hydrogens (tertiary/aromatic N) is 1. The van der Waals surface area contributed by atoms with Crippen molar-refractivity contribution in [1.29, 1.82) is 0 Å². The van der Waals surface area contributed by atoms with E-state index in [-0.39, 0.29) is 0 Å². The standard InChI is InChI=1S/C15H13NOS/c1-2-18-13-8-9-15(16-11-17)14(10-13)12-6-4-3-5-7-12/h3-10H,2H2,1H3. The third kappa shape index (κ3) is 2.89. The van der Waals surface area contributed by atoms with Gasteiger partial charge in [-0.3, -0.25) is 0 Å². The number of aliphatic imine (C=N–C) groups is 1. The van der Waals surface area contributed by atoms with Gasteiger partial charge in [0.1, 0.15) is 0 Å². The fourth-order valence-electron chi connectivity index (χ4n) is 1.77. The molecular weight excluding hydrogens is 242 g/mol. The lowest BCUT2D eigenvalue weighted by atomic mass is 10.0. The molecule has 0 aliphatic heterocycles. The molecule has 0 saturated carbocycles. The first kappa shape index (κ1) is 12.6. The topological polar surface area (TPSA) is 29.4 Å². The first-order valence-corrected chi connectivity index (χ1v) is 6.74. The van der Waals surface area contributed by atoms with Gasteiger partial charge in [0, 0.05) is 10.5 Å². The van der Waals surface area contributed by atoms with E-state index in [0.717, 1.165) is 16.9 Å². The highest BCUT2D eigenvalue weighted by molar-refractivity contribution is 7.99. The van der Waals surface area contributed by atoms with Crippen LogP contribution in [0.25, 0.3) is 11.1 Å². The van der Waals surface area contributed by atoms with E-state index in [1.165, 1.54) is 4.90 Å². The zero-order valence-corrected chi connectivity index (χ0v) is 10.9. The molecule has 2 aromatic rings. The average molecular weight is 255 g/mol. The second-order valence-electron chi connectivity index (χ2n) is 3.68. The monoisotopic (exact) mass is 255 g/mol. The first-order chi connectivity index (χ1) is 8.85. The van der Waals surface area contributed by atoms with Crippen LogP contribution < -0.4 is 0 Å². The van der Waals surface area contributed by atoms with Crippen molar-refractivity contribution < 1.29 is 4.79 Å². The molecule has 90 valence electrons. The van der Waals surface area contributed by atoms with Gasteiger partial charge in [-0.2, -0.15) is 4.99 Å². The Morgan fingerprint density at radius 1 is 1.17 bits per heavy atom. The van der Waals surface area contributed by atoms with E-state index in [9.17, 15) is 4.79 Å². The molecule has 0 radical (unpaired) electrons. The Labute approximate surface area is 111 Å². The summed E-state index contributed by atoms with van der Waals surface area (Å²) in [4.78, 5) is 15.4. The van der Waals surface area contributed by atoms with Gasteiger partial charge >= 0.3 is 0 Å². The predicted molar refractivity (Wildman–Crippen MR) is 76.1 cm³/mol. The number of thioether (sulfide) groups is 1. The van der Waals surface area contributed by atoms with Crippen LogP contribution >= 0.6 is 11.8 Å². The minimum Gasteiger partial charge on any atom is -0.211 e. The molecule has 3 heteroatoms. The SMILES string of the molecule is CCSc1ccc(N=C=O)c(-c2ccccc2)c1. The van der Waals surface area contributed by atoms with E-state index in [2.05, 4.69) is 18.0 Å². The quantitative estimate of drug-likeness (QED) is 0.459. The van der Waals surface area contributed by atoms with Crippen LogP contribution in [0.2, 0.25) is 0 Å². The van der Waals surface area contributed by atoms with Crippen molar-refractivity contribution in [2.75, 3.05) is 5.75 Å². The highest BCUT2D eigenvalue weighted by Crippen LogP contribution is 2.33. The smallest absolute Gasteiger partial charge is 0.211 e. The van der Waals surface area contributed by atoms with E-state index < -0.39 is 0 Å². The summed E-state index contributed by atoms with van der Waals surface area (Å²) in [7, 11) is 0. The molecule has 0 spiro atoms. The molecule has 0 saturated heterocycles. The maximum atomic E-state index is 10.5. The summed E-state index contributed by atoms with van der Waals surface area (Å²) in [5.74, 6) is 1.02. The van der Waals surface area contributed by atoms with Crippen LogP contribution in [0.15, 0.2) is 58.4 Å². The van der Waals surface area contributed by atoms with Crippen LogP contribution in [-0.4, -0.2) is 11.8 Å². The molecule has 0 fully saturated rings. The summed E-state index contributed by atoms with van der Waals surface area (Å²) in [5, 5.41) is 0. The van der Waals surface area contributed by atoms with Crippen molar-refractivity contribution >= 4 is 23.5 Å². The van der Waals surface area contributed by atoms with Crippen molar-refractivity contribution in [3.63, 3.8) is 0 Å². The average Bonchev–Trinajstić information content (AvgIpc) is 2.42.